The number of ether oxygens (including phenoxy) is 1. The molecule has 1 heterocycles. The second kappa shape index (κ2) is 3.66. The Kier molecular flexibility index (Phi) is 2.48. The molecular weight excluding hydrogens is 194 g/mol. The first-order valence-corrected chi connectivity index (χ1v) is 5.17. The van der Waals surface area contributed by atoms with Crippen LogP contribution in [0.2, 0.25) is 0 Å². The highest BCUT2D eigenvalue weighted by Crippen LogP contribution is 2.36. The summed E-state index contributed by atoms with van der Waals surface area (Å²) in [6.07, 6.45) is 4.44. The maximum absolute atomic E-state index is 11.4. The van der Waals surface area contributed by atoms with Gasteiger partial charge in [0.2, 0.25) is 0 Å². The van der Waals surface area contributed by atoms with Gasteiger partial charge in [0.05, 0.1) is 18.3 Å². The van der Waals surface area contributed by atoms with Crippen LogP contribution in [0.3, 0.4) is 0 Å². The first kappa shape index (κ1) is 10.2. The number of aromatic amines is 1. The Morgan fingerprint density at radius 2 is 2.47 bits per heavy atom. The van der Waals surface area contributed by atoms with Crippen molar-refractivity contribution in [3.05, 3.63) is 17.7 Å². The molecule has 3 N–H and O–H groups in total. The van der Waals surface area contributed by atoms with Crippen molar-refractivity contribution < 1.29 is 9.53 Å². The molecule has 0 radical (unpaired) electrons. The van der Waals surface area contributed by atoms with Gasteiger partial charge in [-0.25, -0.2) is 9.78 Å². The Morgan fingerprint density at radius 1 is 1.73 bits per heavy atom. The van der Waals surface area contributed by atoms with Gasteiger partial charge in [-0.1, -0.05) is 0 Å². The molecular formula is C10H15N3O2. The minimum absolute atomic E-state index is 0.356. The van der Waals surface area contributed by atoms with Gasteiger partial charge in [0, 0.05) is 0 Å². The van der Waals surface area contributed by atoms with Gasteiger partial charge < -0.3 is 15.5 Å². The van der Waals surface area contributed by atoms with E-state index in [0.29, 0.717) is 18.1 Å². The van der Waals surface area contributed by atoms with Crippen LogP contribution < -0.4 is 5.73 Å². The topological polar surface area (TPSA) is 81.0 Å². The Labute approximate surface area is 88.0 Å². The summed E-state index contributed by atoms with van der Waals surface area (Å²) in [4.78, 5) is 18.4. The van der Waals surface area contributed by atoms with E-state index in [2.05, 4.69) is 9.97 Å². The monoisotopic (exact) mass is 209 g/mol. The van der Waals surface area contributed by atoms with E-state index in [0.717, 1.165) is 19.3 Å². The minimum atomic E-state index is -0.376. The zero-order chi connectivity index (χ0) is 10.9. The van der Waals surface area contributed by atoms with E-state index >= 15 is 0 Å². The number of hydrogen-bond donors (Lipinski definition) is 2. The molecule has 0 saturated heterocycles. The molecule has 0 bridgehead atoms. The number of imidazole rings is 1. The Bertz CT molecular complexity index is 368. The van der Waals surface area contributed by atoms with Gasteiger partial charge in [0.25, 0.3) is 0 Å². The Hall–Kier alpha value is -1.36. The van der Waals surface area contributed by atoms with Crippen molar-refractivity contribution in [3.63, 3.8) is 0 Å². The zero-order valence-electron chi connectivity index (χ0n) is 8.75. The van der Waals surface area contributed by atoms with E-state index in [-0.39, 0.29) is 11.5 Å². The van der Waals surface area contributed by atoms with Gasteiger partial charge in [-0.3, -0.25) is 0 Å². The molecule has 0 aromatic carbocycles. The van der Waals surface area contributed by atoms with Crippen molar-refractivity contribution in [2.45, 2.75) is 31.7 Å². The van der Waals surface area contributed by atoms with Crippen LogP contribution in [0.4, 0.5) is 0 Å². The lowest BCUT2D eigenvalue weighted by molar-refractivity contribution is 0.0519. The van der Waals surface area contributed by atoms with Crippen molar-refractivity contribution in [1.29, 1.82) is 0 Å². The molecule has 1 aromatic rings. The third-order valence-electron chi connectivity index (χ3n) is 2.79. The Morgan fingerprint density at radius 3 is 3.00 bits per heavy atom. The largest absolute Gasteiger partial charge is 0.461 e. The molecule has 1 aliphatic carbocycles. The minimum Gasteiger partial charge on any atom is -0.461 e. The number of rotatable bonds is 3. The van der Waals surface area contributed by atoms with Gasteiger partial charge >= 0.3 is 5.97 Å². The molecule has 0 spiro atoms. The van der Waals surface area contributed by atoms with Crippen LogP contribution in [-0.4, -0.2) is 22.5 Å². The lowest BCUT2D eigenvalue weighted by Crippen LogP contribution is -2.44. The first-order valence-electron chi connectivity index (χ1n) is 5.17. The predicted molar refractivity (Wildman–Crippen MR) is 54.3 cm³/mol. The highest BCUT2D eigenvalue weighted by Gasteiger charge is 2.37. The number of nitrogens with zero attached hydrogens (tertiary/aromatic N) is 1. The Balaban J connectivity index is 2.13. The van der Waals surface area contributed by atoms with Crippen molar-refractivity contribution in [1.82, 2.24) is 9.97 Å². The predicted octanol–water partition coefficient (Wildman–Crippen LogP) is 0.924. The number of esters is 1. The molecule has 0 unspecified atom stereocenters. The van der Waals surface area contributed by atoms with Crippen LogP contribution in [0.1, 0.15) is 42.5 Å². The molecule has 1 fully saturated rings. The van der Waals surface area contributed by atoms with Crippen LogP contribution in [0.5, 0.6) is 0 Å². The molecule has 5 heteroatoms. The quantitative estimate of drug-likeness (QED) is 0.725. The fourth-order valence-corrected chi connectivity index (χ4v) is 1.68. The number of H-pyrrole nitrogens is 1. The molecule has 1 aliphatic rings. The summed E-state index contributed by atoms with van der Waals surface area (Å²) in [6.45, 7) is 2.13. The van der Waals surface area contributed by atoms with E-state index < -0.39 is 0 Å². The molecule has 0 aliphatic heterocycles. The number of hydrogen-bond acceptors (Lipinski definition) is 4. The fourth-order valence-electron chi connectivity index (χ4n) is 1.68. The first-order chi connectivity index (χ1) is 7.15. The fraction of sp³-hybridized carbons (Fsp3) is 0.600. The lowest BCUT2D eigenvalue weighted by atomic mass is 9.77. The molecule has 82 valence electrons. The molecule has 2 rings (SSSR count). The highest BCUT2D eigenvalue weighted by molar-refractivity contribution is 5.87. The summed E-state index contributed by atoms with van der Waals surface area (Å²) in [5.74, 6) is 0.316. The number of carbonyl (C=O) groups is 1. The standard InChI is InChI=1S/C10H15N3O2/c1-2-15-8(14)7-6-12-9(13-7)10(11)4-3-5-10/h6H,2-5,11H2,1H3,(H,12,13). The van der Waals surface area contributed by atoms with Crippen LogP contribution in [0, 0.1) is 0 Å². The molecule has 15 heavy (non-hydrogen) atoms. The number of aromatic nitrogens is 2. The summed E-state index contributed by atoms with van der Waals surface area (Å²) in [5, 5.41) is 0. The highest BCUT2D eigenvalue weighted by atomic mass is 16.5. The summed E-state index contributed by atoms with van der Waals surface area (Å²) in [5.41, 5.74) is 6.09. The summed E-state index contributed by atoms with van der Waals surface area (Å²) >= 11 is 0. The van der Waals surface area contributed by atoms with Crippen LogP contribution in [0.25, 0.3) is 0 Å². The number of carbonyl (C=O) groups excluding carboxylic acids is 1. The van der Waals surface area contributed by atoms with Crippen molar-refractivity contribution in [2.75, 3.05) is 6.61 Å². The second-order valence-electron chi connectivity index (χ2n) is 3.88. The molecule has 0 atom stereocenters. The average Bonchev–Trinajstić information content (AvgIpc) is 2.63. The average molecular weight is 209 g/mol. The lowest BCUT2D eigenvalue weighted by Gasteiger charge is -2.35. The maximum Gasteiger partial charge on any atom is 0.356 e. The molecule has 5 nitrogen and oxygen atoms in total. The maximum atomic E-state index is 11.4. The normalized spacial score (nSPS) is 18.3. The van der Waals surface area contributed by atoms with Gasteiger partial charge in [-0.15, -0.1) is 0 Å². The zero-order valence-corrected chi connectivity index (χ0v) is 8.75. The molecule has 0 amide bonds. The van der Waals surface area contributed by atoms with Crippen molar-refractivity contribution in [2.24, 2.45) is 5.73 Å². The van der Waals surface area contributed by atoms with Crippen LogP contribution in [0.15, 0.2) is 6.20 Å². The van der Waals surface area contributed by atoms with E-state index in [1.165, 1.54) is 6.20 Å². The molecule has 1 aromatic heterocycles. The van der Waals surface area contributed by atoms with Crippen LogP contribution in [-0.2, 0) is 10.3 Å². The van der Waals surface area contributed by atoms with E-state index in [1.807, 2.05) is 0 Å². The van der Waals surface area contributed by atoms with Crippen LogP contribution >= 0.6 is 0 Å². The van der Waals surface area contributed by atoms with E-state index in [9.17, 15) is 4.79 Å². The van der Waals surface area contributed by atoms with E-state index in [1.54, 1.807) is 6.92 Å². The summed E-state index contributed by atoms with van der Waals surface area (Å²) in [6, 6.07) is 0. The van der Waals surface area contributed by atoms with Gasteiger partial charge in [-0.05, 0) is 26.2 Å². The van der Waals surface area contributed by atoms with Gasteiger partial charge in [0.15, 0.2) is 0 Å². The second-order valence-corrected chi connectivity index (χ2v) is 3.88. The third kappa shape index (κ3) is 1.74. The van der Waals surface area contributed by atoms with Gasteiger partial charge in [-0.2, -0.15) is 0 Å². The van der Waals surface area contributed by atoms with Crippen molar-refractivity contribution in [3.8, 4) is 0 Å². The number of nitrogens with one attached hydrogen (secondary N) is 1. The number of nitrogens with two attached hydrogens (primary N) is 1. The van der Waals surface area contributed by atoms with Gasteiger partial charge in [0.1, 0.15) is 11.5 Å². The summed E-state index contributed by atoms with van der Waals surface area (Å²) in [7, 11) is 0. The van der Waals surface area contributed by atoms with E-state index in [4.69, 9.17) is 10.5 Å². The third-order valence-corrected chi connectivity index (χ3v) is 2.79. The summed E-state index contributed by atoms with van der Waals surface area (Å²) < 4.78 is 4.85. The van der Waals surface area contributed by atoms with Crippen molar-refractivity contribution >= 4 is 5.97 Å². The smallest absolute Gasteiger partial charge is 0.356 e. The molecule has 1 saturated carbocycles. The SMILES string of the molecule is CCOC(=O)c1cnc(C2(N)CCC2)[nH]1.